The fourth-order valence-electron chi connectivity index (χ4n) is 2.63. The lowest BCUT2D eigenvalue weighted by atomic mass is 10.1. The van der Waals surface area contributed by atoms with Gasteiger partial charge in [0.05, 0.1) is 6.61 Å². The minimum Gasteiger partial charge on any atom is -0.494 e. The molecule has 2 rings (SSSR count). The molecule has 0 aromatic heterocycles. The second-order valence-electron chi connectivity index (χ2n) is 6.54. The SMILES string of the molecule is CCOc1ccccc1CCC(=O)OCC(=O)NCc1ccc(N(C)C)cc1. The Bertz CT molecular complexity index is 772. The minimum atomic E-state index is -0.406. The number of amides is 1. The summed E-state index contributed by atoms with van der Waals surface area (Å²) in [6.45, 7) is 2.60. The zero-order valence-electron chi connectivity index (χ0n) is 16.7. The number of aryl methyl sites for hydroxylation is 1. The molecule has 0 spiro atoms. The number of esters is 1. The zero-order chi connectivity index (χ0) is 20.4. The second-order valence-corrected chi connectivity index (χ2v) is 6.54. The van der Waals surface area contributed by atoms with Crippen LogP contribution in [0.15, 0.2) is 48.5 Å². The van der Waals surface area contributed by atoms with Crippen molar-refractivity contribution in [1.29, 1.82) is 0 Å². The lowest BCUT2D eigenvalue weighted by Gasteiger charge is -2.13. The van der Waals surface area contributed by atoms with Crippen LogP contribution in [0.4, 0.5) is 5.69 Å². The monoisotopic (exact) mass is 384 g/mol. The van der Waals surface area contributed by atoms with E-state index in [1.807, 2.05) is 74.4 Å². The molecule has 6 nitrogen and oxygen atoms in total. The summed E-state index contributed by atoms with van der Waals surface area (Å²) in [4.78, 5) is 25.8. The van der Waals surface area contributed by atoms with Crippen LogP contribution < -0.4 is 15.0 Å². The van der Waals surface area contributed by atoms with Crippen molar-refractivity contribution in [3.63, 3.8) is 0 Å². The Hall–Kier alpha value is -3.02. The van der Waals surface area contributed by atoms with Crippen LogP contribution in [-0.4, -0.2) is 39.2 Å². The molecular weight excluding hydrogens is 356 g/mol. The number of para-hydroxylation sites is 1. The molecule has 2 aromatic carbocycles. The van der Waals surface area contributed by atoms with Crippen LogP contribution in [0.25, 0.3) is 0 Å². The van der Waals surface area contributed by atoms with Crippen LogP contribution >= 0.6 is 0 Å². The van der Waals surface area contributed by atoms with Crippen molar-refractivity contribution in [2.24, 2.45) is 0 Å². The van der Waals surface area contributed by atoms with E-state index in [2.05, 4.69) is 5.32 Å². The summed E-state index contributed by atoms with van der Waals surface area (Å²) >= 11 is 0. The maximum atomic E-state index is 11.9. The highest BCUT2D eigenvalue weighted by Gasteiger charge is 2.10. The van der Waals surface area contributed by atoms with E-state index < -0.39 is 5.97 Å². The van der Waals surface area contributed by atoms with E-state index >= 15 is 0 Å². The lowest BCUT2D eigenvalue weighted by Crippen LogP contribution is -2.28. The highest BCUT2D eigenvalue weighted by Crippen LogP contribution is 2.19. The van der Waals surface area contributed by atoms with Crippen molar-refractivity contribution in [1.82, 2.24) is 5.32 Å². The van der Waals surface area contributed by atoms with Gasteiger partial charge < -0.3 is 19.7 Å². The molecule has 1 N–H and O–H groups in total. The highest BCUT2D eigenvalue weighted by atomic mass is 16.5. The normalized spacial score (nSPS) is 10.2. The molecule has 0 aliphatic heterocycles. The lowest BCUT2D eigenvalue weighted by molar-refractivity contribution is -0.148. The predicted octanol–water partition coefficient (Wildman–Crippen LogP) is 2.94. The molecule has 0 bridgehead atoms. The number of carbonyl (C=O) groups is 2. The van der Waals surface area contributed by atoms with Crippen LogP contribution in [0.3, 0.4) is 0 Å². The number of anilines is 1. The molecule has 28 heavy (non-hydrogen) atoms. The van der Waals surface area contributed by atoms with Gasteiger partial charge in [0, 0.05) is 32.7 Å². The van der Waals surface area contributed by atoms with Gasteiger partial charge in [-0.2, -0.15) is 0 Å². The summed E-state index contributed by atoms with van der Waals surface area (Å²) < 4.78 is 10.6. The summed E-state index contributed by atoms with van der Waals surface area (Å²) in [6.07, 6.45) is 0.707. The van der Waals surface area contributed by atoms with Crippen molar-refractivity contribution in [3.8, 4) is 5.75 Å². The number of nitrogens with one attached hydrogen (secondary N) is 1. The Balaban J connectivity index is 1.70. The van der Waals surface area contributed by atoms with Crippen molar-refractivity contribution < 1.29 is 19.1 Å². The van der Waals surface area contributed by atoms with Crippen LogP contribution in [0.1, 0.15) is 24.5 Å². The molecule has 0 unspecified atom stereocenters. The fraction of sp³-hybridized carbons (Fsp3) is 0.364. The Morgan fingerprint density at radius 3 is 2.43 bits per heavy atom. The topological polar surface area (TPSA) is 67.9 Å². The van der Waals surface area contributed by atoms with E-state index in [0.717, 1.165) is 22.6 Å². The maximum Gasteiger partial charge on any atom is 0.306 e. The first-order valence-electron chi connectivity index (χ1n) is 9.39. The van der Waals surface area contributed by atoms with Gasteiger partial charge in [-0.3, -0.25) is 9.59 Å². The molecule has 0 heterocycles. The largest absolute Gasteiger partial charge is 0.494 e. The van der Waals surface area contributed by atoms with Crippen molar-refractivity contribution >= 4 is 17.6 Å². The first kappa shape index (κ1) is 21.3. The molecule has 0 radical (unpaired) electrons. The first-order chi connectivity index (χ1) is 13.5. The molecule has 150 valence electrons. The average molecular weight is 384 g/mol. The molecule has 2 aromatic rings. The van der Waals surface area contributed by atoms with Crippen molar-refractivity contribution in [2.45, 2.75) is 26.3 Å². The molecule has 0 saturated carbocycles. The first-order valence-corrected chi connectivity index (χ1v) is 9.39. The van der Waals surface area contributed by atoms with Crippen LogP contribution in [0.5, 0.6) is 5.75 Å². The fourth-order valence-corrected chi connectivity index (χ4v) is 2.63. The smallest absolute Gasteiger partial charge is 0.306 e. The zero-order valence-corrected chi connectivity index (χ0v) is 16.7. The summed E-state index contributed by atoms with van der Waals surface area (Å²) in [7, 11) is 3.95. The molecule has 0 atom stereocenters. The molecule has 0 aliphatic rings. The number of ether oxygens (including phenoxy) is 2. The number of benzene rings is 2. The van der Waals surface area contributed by atoms with E-state index in [1.165, 1.54) is 0 Å². The van der Waals surface area contributed by atoms with E-state index in [-0.39, 0.29) is 18.9 Å². The maximum absolute atomic E-state index is 11.9. The van der Waals surface area contributed by atoms with Gasteiger partial charge >= 0.3 is 5.97 Å². The van der Waals surface area contributed by atoms with Gasteiger partial charge in [0.25, 0.3) is 5.91 Å². The van der Waals surface area contributed by atoms with E-state index in [0.29, 0.717) is 19.6 Å². The third-order valence-electron chi connectivity index (χ3n) is 4.18. The quantitative estimate of drug-likeness (QED) is 0.638. The molecule has 0 fully saturated rings. The summed E-state index contributed by atoms with van der Waals surface area (Å²) in [5.41, 5.74) is 3.03. The molecule has 6 heteroatoms. The van der Waals surface area contributed by atoms with Gasteiger partial charge in [-0.1, -0.05) is 30.3 Å². The van der Waals surface area contributed by atoms with Crippen molar-refractivity contribution in [2.75, 3.05) is 32.2 Å². The van der Waals surface area contributed by atoms with E-state index in [1.54, 1.807) is 0 Å². The Kier molecular flexibility index (Phi) is 8.34. The molecule has 0 aliphatic carbocycles. The van der Waals surface area contributed by atoms with Crippen LogP contribution in [0.2, 0.25) is 0 Å². The third-order valence-corrected chi connectivity index (χ3v) is 4.18. The Labute approximate surface area is 166 Å². The number of hydrogen-bond acceptors (Lipinski definition) is 5. The van der Waals surface area contributed by atoms with Gasteiger partial charge in [0.1, 0.15) is 5.75 Å². The summed E-state index contributed by atoms with van der Waals surface area (Å²) in [5, 5.41) is 2.75. The molecular formula is C22H28N2O4. The van der Waals surface area contributed by atoms with Crippen LogP contribution in [0, 0.1) is 0 Å². The Morgan fingerprint density at radius 1 is 1.04 bits per heavy atom. The van der Waals surface area contributed by atoms with Crippen molar-refractivity contribution in [3.05, 3.63) is 59.7 Å². The van der Waals surface area contributed by atoms with Gasteiger partial charge in [0.2, 0.25) is 0 Å². The number of rotatable bonds is 10. The number of nitrogens with zero attached hydrogens (tertiary/aromatic N) is 1. The molecule has 0 saturated heterocycles. The average Bonchev–Trinajstić information content (AvgIpc) is 2.70. The van der Waals surface area contributed by atoms with E-state index in [4.69, 9.17) is 9.47 Å². The standard InChI is InChI=1S/C22H28N2O4/c1-4-27-20-8-6-5-7-18(20)11-14-22(26)28-16-21(25)23-15-17-9-12-19(13-10-17)24(2)3/h5-10,12-13H,4,11,14-16H2,1-3H3,(H,23,25). The number of hydrogen-bond donors (Lipinski definition) is 1. The predicted molar refractivity (Wildman–Crippen MR) is 110 cm³/mol. The Morgan fingerprint density at radius 2 is 1.75 bits per heavy atom. The van der Waals surface area contributed by atoms with Crippen LogP contribution in [-0.2, 0) is 27.3 Å². The van der Waals surface area contributed by atoms with Gasteiger partial charge in [-0.15, -0.1) is 0 Å². The molecule has 1 amide bonds. The number of carbonyl (C=O) groups excluding carboxylic acids is 2. The summed E-state index contributed by atoms with van der Waals surface area (Å²) in [5.74, 6) is 0.0485. The third kappa shape index (κ3) is 6.95. The minimum absolute atomic E-state index is 0.198. The van der Waals surface area contributed by atoms with E-state index in [9.17, 15) is 9.59 Å². The summed E-state index contributed by atoms with van der Waals surface area (Å²) in [6, 6.07) is 15.5. The second kappa shape index (κ2) is 11.0. The highest BCUT2D eigenvalue weighted by molar-refractivity contribution is 5.80. The van der Waals surface area contributed by atoms with Gasteiger partial charge in [-0.05, 0) is 42.7 Å². The van der Waals surface area contributed by atoms with Gasteiger partial charge in [0.15, 0.2) is 6.61 Å². The van der Waals surface area contributed by atoms with Gasteiger partial charge in [-0.25, -0.2) is 0 Å².